The van der Waals surface area contributed by atoms with Crippen LogP contribution in [0.1, 0.15) is 23.3 Å². The van der Waals surface area contributed by atoms with Crippen LogP contribution in [0, 0.1) is 0 Å². The van der Waals surface area contributed by atoms with Crippen molar-refractivity contribution in [1.29, 1.82) is 0 Å². The van der Waals surface area contributed by atoms with Crippen LogP contribution in [0.2, 0.25) is 0 Å². The second-order valence-corrected chi connectivity index (χ2v) is 5.30. The molecule has 1 N–H and O–H groups in total. The van der Waals surface area contributed by atoms with Gasteiger partial charge in [-0.3, -0.25) is 4.68 Å². The Morgan fingerprint density at radius 2 is 2.14 bits per heavy atom. The number of benzene rings is 1. The minimum Gasteiger partial charge on any atom is -0.490 e. The number of carboxylic acid groups (broad SMARTS) is 1. The average molecular weight is 302 g/mol. The fourth-order valence-electron chi connectivity index (χ4n) is 2.56. The molecule has 1 aliphatic rings. The molecule has 2 aromatic rings. The molecule has 22 heavy (non-hydrogen) atoms. The first-order valence-corrected chi connectivity index (χ1v) is 7.25. The molecular weight excluding hydrogens is 284 g/mol. The van der Waals surface area contributed by atoms with Crippen LogP contribution in [0.25, 0.3) is 11.3 Å². The molecule has 0 bridgehead atoms. The number of aryl methyl sites for hydroxylation is 1. The van der Waals surface area contributed by atoms with E-state index in [4.69, 9.17) is 14.6 Å². The van der Waals surface area contributed by atoms with Crippen LogP contribution in [-0.2, 0) is 11.8 Å². The molecule has 0 aliphatic carbocycles. The second-order valence-electron chi connectivity index (χ2n) is 5.30. The molecule has 0 atom stereocenters. The monoisotopic (exact) mass is 302 g/mol. The Hall–Kier alpha value is -2.34. The Morgan fingerprint density at radius 1 is 1.36 bits per heavy atom. The lowest BCUT2D eigenvalue weighted by Crippen LogP contribution is -2.25. The van der Waals surface area contributed by atoms with Crippen molar-refractivity contribution >= 4 is 5.97 Å². The van der Waals surface area contributed by atoms with Crippen LogP contribution in [0.3, 0.4) is 0 Å². The molecule has 0 spiro atoms. The largest absolute Gasteiger partial charge is 0.490 e. The van der Waals surface area contributed by atoms with Crippen molar-refractivity contribution in [3.8, 4) is 17.0 Å². The summed E-state index contributed by atoms with van der Waals surface area (Å²) in [6.45, 7) is 1.46. The number of aromatic nitrogens is 2. The second kappa shape index (κ2) is 6.19. The number of rotatable bonds is 4. The van der Waals surface area contributed by atoms with Gasteiger partial charge in [0.2, 0.25) is 0 Å². The van der Waals surface area contributed by atoms with Gasteiger partial charge >= 0.3 is 5.97 Å². The van der Waals surface area contributed by atoms with E-state index in [0.29, 0.717) is 0 Å². The highest BCUT2D eigenvalue weighted by Crippen LogP contribution is 2.26. The van der Waals surface area contributed by atoms with Gasteiger partial charge in [-0.05, 0) is 18.2 Å². The lowest BCUT2D eigenvalue weighted by molar-refractivity contribution is 0.0256. The van der Waals surface area contributed by atoms with Gasteiger partial charge in [-0.2, -0.15) is 5.10 Å². The van der Waals surface area contributed by atoms with E-state index in [0.717, 1.165) is 43.1 Å². The zero-order chi connectivity index (χ0) is 15.5. The maximum absolute atomic E-state index is 11.0. The molecule has 1 aromatic heterocycles. The molecule has 116 valence electrons. The number of ether oxygens (including phenoxy) is 2. The summed E-state index contributed by atoms with van der Waals surface area (Å²) in [4.78, 5) is 11.0. The summed E-state index contributed by atoms with van der Waals surface area (Å²) in [6.07, 6.45) is 1.95. The number of aromatic carboxylic acids is 1. The molecule has 1 saturated heterocycles. The first-order valence-electron chi connectivity index (χ1n) is 7.25. The highest BCUT2D eigenvalue weighted by atomic mass is 16.5. The zero-order valence-electron chi connectivity index (χ0n) is 12.4. The third-order valence-electron chi connectivity index (χ3n) is 3.70. The number of hydrogen-bond acceptors (Lipinski definition) is 4. The Balaban J connectivity index is 1.82. The Labute approximate surface area is 128 Å². The van der Waals surface area contributed by atoms with Crippen LogP contribution in [-0.4, -0.2) is 40.2 Å². The summed E-state index contributed by atoms with van der Waals surface area (Å²) in [5.41, 5.74) is 1.66. The van der Waals surface area contributed by atoms with E-state index in [1.165, 1.54) is 0 Å². The molecule has 2 heterocycles. The van der Waals surface area contributed by atoms with Crippen LogP contribution in [0.4, 0.5) is 0 Å². The van der Waals surface area contributed by atoms with Crippen LogP contribution in [0.5, 0.6) is 5.75 Å². The molecule has 1 fully saturated rings. The van der Waals surface area contributed by atoms with Crippen molar-refractivity contribution in [3.05, 3.63) is 36.0 Å². The standard InChI is InChI=1S/C16H18N2O4/c1-18-15(10-14(17-18)16(19)20)11-3-2-4-13(9-11)22-12-5-7-21-8-6-12/h2-4,9-10,12H,5-8H2,1H3,(H,19,20). The predicted molar refractivity (Wildman–Crippen MR) is 80.1 cm³/mol. The summed E-state index contributed by atoms with van der Waals surface area (Å²) in [5, 5.41) is 13.0. The Morgan fingerprint density at radius 3 is 2.82 bits per heavy atom. The van der Waals surface area contributed by atoms with Crippen molar-refractivity contribution in [2.75, 3.05) is 13.2 Å². The lowest BCUT2D eigenvalue weighted by Gasteiger charge is -2.23. The van der Waals surface area contributed by atoms with Crippen molar-refractivity contribution in [2.45, 2.75) is 18.9 Å². The van der Waals surface area contributed by atoms with Gasteiger partial charge in [0.15, 0.2) is 5.69 Å². The molecule has 0 radical (unpaired) electrons. The fourth-order valence-corrected chi connectivity index (χ4v) is 2.56. The molecule has 6 nitrogen and oxygen atoms in total. The maximum Gasteiger partial charge on any atom is 0.356 e. The smallest absolute Gasteiger partial charge is 0.356 e. The van der Waals surface area contributed by atoms with E-state index in [9.17, 15) is 4.79 Å². The summed E-state index contributed by atoms with van der Waals surface area (Å²) >= 11 is 0. The summed E-state index contributed by atoms with van der Waals surface area (Å²) in [7, 11) is 1.73. The van der Waals surface area contributed by atoms with Gasteiger partial charge in [-0.25, -0.2) is 4.79 Å². The van der Waals surface area contributed by atoms with Gasteiger partial charge in [-0.15, -0.1) is 0 Å². The molecule has 1 aliphatic heterocycles. The Bertz CT molecular complexity index is 675. The normalized spacial score (nSPS) is 15.7. The number of nitrogens with zero attached hydrogens (tertiary/aromatic N) is 2. The van der Waals surface area contributed by atoms with E-state index < -0.39 is 5.97 Å². The lowest BCUT2D eigenvalue weighted by atomic mass is 10.1. The van der Waals surface area contributed by atoms with Crippen LogP contribution >= 0.6 is 0 Å². The maximum atomic E-state index is 11.0. The minimum atomic E-state index is -1.03. The van der Waals surface area contributed by atoms with E-state index in [1.54, 1.807) is 17.8 Å². The molecule has 0 unspecified atom stereocenters. The Kier molecular flexibility index (Phi) is 4.11. The molecule has 3 rings (SSSR count). The highest BCUT2D eigenvalue weighted by molar-refractivity contribution is 5.87. The third-order valence-corrected chi connectivity index (χ3v) is 3.70. The molecule has 6 heteroatoms. The van der Waals surface area contributed by atoms with Gasteiger partial charge in [-0.1, -0.05) is 12.1 Å². The minimum absolute atomic E-state index is 0.0354. The number of carbonyl (C=O) groups is 1. The molecule has 1 aromatic carbocycles. The van der Waals surface area contributed by atoms with Crippen molar-refractivity contribution in [1.82, 2.24) is 9.78 Å². The van der Waals surface area contributed by atoms with Crippen LogP contribution < -0.4 is 4.74 Å². The third kappa shape index (κ3) is 3.12. The summed E-state index contributed by atoms with van der Waals surface area (Å²) in [6, 6.07) is 9.21. The SMILES string of the molecule is Cn1nc(C(=O)O)cc1-c1cccc(OC2CCOCC2)c1. The van der Waals surface area contributed by atoms with E-state index in [-0.39, 0.29) is 11.8 Å². The molecule has 0 saturated carbocycles. The summed E-state index contributed by atoms with van der Waals surface area (Å²) < 4.78 is 12.9. The zero-order valence-corrected chi connectivity index (χ0v) is 12.4. The van der Waals surface area contributed by atoms with E-state index in [2.05, 4.69) is 5.10 Å². The van der Waals surface area contributed by atoms with Gasteiger partial charge < -0.3 is 14.6 Å². The van der Waals surface area contributed by atoms with Gasteiger partial charge in [0, 0.05) is 25.5 Å². The van der Waals surface area contributed by atoms with Gasteiger partial charge in [0.05, 0.1) is 18.9 Å². The van der Waals surface area contributed by atoms with E-state index in [1.807, 2.05) is 24.3 Å². The average Bonchev–Trinajstić information content (AvgIpc) is 2.91. The van der Waals surface area contributed by atoms with Crippen LogP contribution in [0.15, 0.2) is 30.3 Å². The molecular formula is C16H18N2O4. The number of carboxylic acids is 1. The fraction of sp³-hybridized carbons (Fsp3) is 0.375. The molecule has 0 amide bonds. The predicted octanol–water partition coefficient (Wildman–Crippen LogP) is 2.34. The number of hydrogen-bond donors (Lipinski definition) is 1. The first-order chi connectivity index (χ1) is 10.6. The summed E-state index contributed by atoms with van der Waals surface area (Å²) in [5.74, 6) is -0.251. The highest BCUT2D eigenvalue weighted by Gasteiger charge is 2.16. The topological polar surface area (TPSA) is 73.6 Å². The van der Waals surface area contributed by atoms with Gasteiger partial charge in [0.1, 0.15) is 11.9 Å². The van der Waals surface area contributed by atoms with Crippen molar-refractivity contribution in [3.63, 3.8) is 0 Å². The van der Waals surface area contributed by atoms with Gasteiger partial charge in [0.25, 0.3) is 0 Å². The quantitative estimate of drug-likeness (QED) is 0.938. The van der Waals surface area contributed by atoms with Crippen molar-refractivity contribution in [2.24, 2.45) is 7.05 Å². The first kappa shape index (κ1) is 14.6. The van der Waals surface area contributed by atoms with Crippen molar-refractivity contribution < 1.29 is 19.4 Å². The van der Waals surface area contributed by atoms with E-state index >= 15 is 0 Å².